The van der Waals surface area contributed by atoms with E-state index in [0.717, 1.165) is 17.4 Å². The SMILES string of the molecule is Cc1cc(NC(C)C2CC2)nc(N)n1. The highest BCUT2D eigenvalue weighted by Crippen LogP contribution is 2.33. The predicted octanol–water partition coefficient (Wildman–Crippen LogP) is 1.58. The van der Waals surface area contributed by atoms with Gasteiger partial charge in [-0.15, -0.1) is 0 Å². The zero-order valence-electron chi connectivity index (χ0n) is 8.62. The van der Waals surface area contributed by atoms with Gasteiger partial charge in [0.15, 0.2) is 0 Å². The lowest BCUT2D eigenvalue weighted by Gasteiger charge is -2.13. The maximum atomic E-state index is 5.56. The summed E-state index contributed by atoms with van der Waals surface area (Å²) in [6, 6.07) is 2.42. The molecule has 1 aliphatic rings. The number of nitrogen functional groups attached to an aromatic ring is 1. The first-order chi connectivity index (χ1) is 6.65. The molecule has 0 bridgehead atoms. The van der Waals surface area contributed by atoms with Gasteiger partial charge in [0.1, 0.15) is 5.82 Å². The van der Waals surface area contributed by atoms with E-state index < -0.39 is 0 Å². The maximum absolute atomic E-state index is 5.56. The highest BCUT2D eigenvalue weighted by molar-refractivity contribution is 5.41. The molecule has 1 aromatic heterocycles. The molecular weight excluding hydrogens is 176 g/mol. The molecule has 1 heterocycles. The van der Waals surface area contributed by atoms with Crippen molar-refractivity contribution in [3.63, 3.8) is 0 Å². The second kappa shape index (κ2) is 3.44. The number of nitrogens with one attached hydrogen (secondary N) is 1. The van der Waals surface area contributed by atoms with E-state index in [4.69, 9.17) is 5.73 Å². The van der Waals surface area contributed by atoms with Crippen molar-refractivity contribution in [1.29, 1.82) is 0 Å². The van der Waals surface area contributed by atoms with Crippen molar-refractivity contribution in [2.24, 2.45) is 5.92 Å². The number of nitrogens with two attached hydrogens (primary N) is 1. The van der Waals surface area contributed by atoms with Crippen molar-refractivity contribution in [3.8, 4) is 0 Å². The minimum absolute atomic E-state index is 0.343. The van der Waals surface area contributed by atoms with Crippen LogP contribution in [-0.2, 0) is 0 Å². The van der Waals surface area contributed by atoms with E-state index in [2.05, 4.69) is 22.2 Å². The zero-order valence-corrected chi connectivity index (χ0v) is 8.62. The molecule has 1 atom stereocenters. The first-order valence-electron chi connectivity index (χ1n) is 5.03. The molecule has 76 valence electrons. The van der Waals surface area contributed by atoms with E-state index in [0.29, 0.717) is 12.0 Å². The first kappa shape index (κ1) is 9.24. The molecule has 2 rings (SSSR count). The van der Waals surface area contributed by atoms with E-state index in [9.17, 15) is 0 Å². The molecule has 1 unspecified atom stereocenters. The van der Waals surface area contributed by atoms with Crippen LogP contribution in [0.2, 0.25) is 0 Å². The summed E-state index contributed by atoms with van der Waals surface area (Å²) in [6.07, 6.45) is 2.65. The molecular formula is C10H16N4. The molecule has 0 radical (unpaired) electrons. The lowest BCUT2D eigenvalue weighted by molar-refractivity contribution is 0.690. The van der Waals surface area contributed by atoms with Gasteiger partial charge in [-0.25, -0.2) is 4.98 Å². The second-order valence-electron chi connectivity index (χ2n) is 4.02. The van der Waals surface area contributed by atoms with Gasteiger partial charge in [-0.1, -0.05) is 0 Å². The largest absolute Gasteiger partial charge is 0.368 e. The Balaban J connectivity index is 2.07. The Labute approximate surface area is 83.9 Å². The van der Waals surface area contributed by atoms with Crippen LogP contribution in [0.5, 0.6) is 0 Å². The van der Waals surface area contributed by atoms with Gasteiger partial charge in [0.05, 0.1) is 0 Å². The molecule has 0 aliphatic heterocycles. The first-order valence-corrected chi connectivity index (χ1v) is 5.03. The molecule has 14 heavy (non-hydrogen) atoms. The molecule has 1 aliphatic carbocycles. The Kier molecular flexibility index (Phi) is 2.27. The van der Waals surface area contributed by atoms with Crippen LogP contribution in [-0.4, -0.2) is 16.0 Å². The fourth-order valence-corrected chi connectivity index (χ4v) is 1.61. The molecule has 0 aromatic carbocycles. The Bertz CT molecular complexity index is 313. The molecule has 1 saturated carbocycles. The van der Waals surface area contributed by atoms with Crippen LogP contribution < -0.4 is 11.1 Å². The minimum Gasteiger partial charge on any atom is -0.368 e. The summed E-state index contributed by atoms with van der Waals surface area (Å²) in [7, 11) is 0. The van der Waals surface area contributed by atoms with E-state index in [1.807, 2.05) is 13.0 Å². The quantitative estimate of drug-likeness (QED) is 0.763. The van der Waals surface area contributed by atoms with Crippen LogP contribution in [0.3, 0.4) is 0 Å². The highest BCUT2D eigenvalue weighted by Gasteiger charge is 2.27. The number of aryl methyl sites for hydroxylation is 1. The van der Waals surface area contributed by atoms with Crippen molar-refractivity contribution in [1.82, 2.24) is 9.97 Å². The number of rotatable bonds is 3. The summed E-state index contributed by atoms with van der Waals surface area (Å²) in [6.45, 7) is 4.11. The highest BCUT2D eigenvalue weighted by atomic mass is 15.1. The Morgan fingerprint density at radius 1 is 1.50 bits per heavy atom. The smallest absolute Gasteiger partial charge is 0.222 e. The van der Waals surface area contributed by atoms with Crippen molar-refractivity contribution >= 4 is 11.8 Å². The normalized spacial score (nSPS) is 17.9. The third-order valence-electron chi connectivity index (χ3n) is 2.58. The van der Waals surface area contributed by atoms with E-state index >= 15 is 0 Å². The third-order valence-corrected chi connectivity index (χ3v) is 2.58. The predicted molar refractivity (Wildman–Crippen MR) is 57.0 cm³/mol. The Morgan fingerprint density at radius 3 is 2.79 bits per heavy atom. The summed E-state index contributed by atoms with van der Waals surface area (Å²) < 4.78 is 0. The summed E-state index contributed by atoms with van der Waals surface area (Å²) in [5.74, 6) is 2.00. The Morgan fingerprint density at radius 2 is 2.21 bits per heavy atom. The lowest BCUT2D eigenvalue weighted by Crippen LogP contribution is -2.18. The van der Waals surface area contributed by atoms with Gasteiger partial charge in [-0.2, -0.15) is 4.98 Å². The minimum atomic E-state index is 0.343. The van der Waals surface area contributed by atoms with Crippen molar-refractivity contribution in [3.05, 3.63) is 11.8 Å². The fourth-order valence-electron chi connectivity index (χ4n) is 1.61. The van der Waals surface area contributed by atoms with Gasteiger partial charge >= 0.3 is 0 Å². The van der Waals surface area contributed by atoms with Gasteiger partial charge in [-0.05, 0) is 32.6 Å². The Hall–Kier alpha value is -1.32. The zero-order chi connectivity index (χ0) is 10.1. The molecule has 0 spiro atoms. The van der Waals surface area contributed by atoms with E-state index in [1.54, 1.807) is 0 Å². The number of hydrogen-bond donors (Lipinski definition) is 2. The second-order valence-corrected chi connectivity index (χ2v) is 4.02. The van der Waals surface area contributed by atoms with Crippen LogP contribution >= 0.6 is 0 Å². The van der Waals surface area contributed by atoms with Gasteiger partial charge in [-0.3, -0.25) is 0 Å². The average molecular weight is 192 g/mol. The third kappa shape index (κ3) is 2.13. The van der Waals surface area contributed by atoms with E-state index in [-0.39, 0.29) is 0 Å². The topological polar surface area (TPSA) is 63.8 Å². The average Bonchev–Trinajstić information content (AvgIpc) is 2.82. The number of aromatic nitrogens is 2. The van der Waals surface area contributed by atoms with Crippen LogP contribution in [0.1, 0.15) is 25.5 Å². The molecule has 4 nitrogen and oxygen atoms in total. The van der Waals surface area contributed by atoms with Crippen LogP contribution in [0, 0.1) is 12.8 Å². The van der Waals surface area contributed by atoms with Crippen LogP contribution in [0.25, 0.3) is 0 Å². The van der Waals surface area contributed by atoms with Crippen molar-refractivity contribution < 1.29 is 0 Å². The number of hydrogen-bond acceptors (Lipinski definition) is 4. The monoisotopic (exact) mass is 192 g/mol. The van der Waals surface area contributed by atoms with Crippen LogP contribution in [0.4, 0.5) is 11.8 Å². The summed E-state index contributed by atoms with van der Waals surface area (Å²) >= 11 is 0. The summed E-state index contributed by atoms with van der Waals surface area (Å²) in [5.41, 5.74) is 6.47. The van der Waals surface area contributed by atoms with Crippen molar-refractivity contribution in [2.45, 2.75) is 32.7 Å². The number of nitrogens with zero attached hydrogens (tertiary/aromatic N) is 2. The molecule has 0 saturated heterocycles. The molecule has 3 N–H and O–H groups in total. The van der Waals surface area contributed by atoms with Crippen LogP contribution in [0.15, 0.2) is 6.07 Å². The van der Waals surface area contributed by atoms with Gasteiger partial charge in [0, 0.05) is 17.8 Å². The van der Waals surface area contributed by atoms with E-state index in [1.165, 1.54) is 12.8 Å². The maximum Gasteiger partial charge on any atom is 0.222 e. The standard InChI is InChI=1S/C10H16N4/c1-6-5-9(14-10(11)12-6)13-7(2)8-3-4-8/h5,7-8H,3-4H2,1-2H3,(H3,11,12,13,14). The molecule has 1 aromatic rings. The fraction of sp³-hybridized carbons (Fsp3) is 0.600. The van der Waals surface area contributed by atoms with Gasteiger partial charge < -0.3 is 11.1 Å². The lowest BCUT2D eigenvalue weighted by atomic mass is 10.2. The molecule has 1 fully saturated rings. The number of anilines is 2. The van der Waals surface area contributed by atoms with Gasteiger partial charge in [0.2, 0.25) is 5.95 Å². The van der Waals surface area contributed by atoms with Crippen molar-refractivity contribution in [2.75, 3.05) is 11.1 Å². The van der Waals surface area contributed by atoms with Gasteiger partial charge in [0.25, 0.3) is 0 Å². The molecule has 4 heteroatoms. The summed E-state index contributed by atoms with van der Waals surface area (Å²) in [5, 5.41) is 3.35. The molecule has 0 amide bonds. The summed E-state index contributed by atoms with van der Waals surface area (Å²) in [4.78, 5) is 8.17.